The minimum atomic E-state index is -0.667. The lowest BCUT2D eigenvalue weighted by molar-refractivity contribution is -0.143. The molecule has 0 N–H and O–H groups in total. The van der Waals surface area contributed by atoms with Crippen molar-refractivity contribution in [2.45, 2.75) is 5.92 Å². The van der Waals surface area contributed by atoms with Gasteiger partial charge in [0, 0.05) is 0 Å². The maximum absolute atomic E-state index is 13.6. The van der Waals surface area contributed by atoms with E-state index in [1.165, 1.54) is 19.2 Å². The first-order valence-electron chi connectivity index (χ1n) is 6.74. The molecule has 5 heteroatoms. The Balaban J connectivity index is 2.19. The normalized spacial score (nSPS) is 11.6. The van der Waals surface area contributed by atoms with Crippen LogP contribution >= 0.6 is 0 Å². The summed E-state index contributed by atoms with van der Waals surface area (Å²) in [7, 11) is 2.85. The van der Waals surface area contributed by atoms with Gasteiger partial charge in [0.05, 0.1) is 14.2 Å². The van der Waals surface area contributed by atoms with Gasteiger partial charge in [-0.1, -0.05) is 24.3 Å². The van der Waals surface area contributed by atoms with Crippen LogP contribution in [0.4, 0.5) is 4.39 Å². The number of esters is 1. The van der Waals surface area contributed by atoms with E-state index >= 15 is 0 Å². The van der Waals surface area contributed by atoms with E-state index in [-0.39, 0.29) is 12.4 Å². The Hall–Kier alpha value is -2.56. The third kappa shape index (κ3) is 3.75. The quantitative estimate of drug-likeness (QED) is 0.769. The SMILES string of the molecule is COC(=O)C(COc1ccccc1F)c1cccc(OC)c1. The van der Waals surface area contributed by atoms with Gasteiger partial charge in [-0.15, -0.1) is 0 Å². The minimum Gasteiger partial charge on any atom is -0.497 e. The van der Waals surface area contributed by atoms with Crippen LogP contribution in [0.2, 0.25) is 0 Å². The van der Waals surface area contributed by atoms with Crippen molar-refractivity contribution in [1.29, 1.82) is 0 Å². The van der Waals surface area contributed by atoms with Crippen LogP contribution in [0.5, 0.6) is 11.5 Å². The molecule has 1 atom stereocenters. The van der Waals surface area contributed by atoms with Gasteiger partial charge in [0.1, 0.15) is 18.3 Å². The van der Waals surface area contributed by atoms with E-state index in [9.17, 15) is 9.18 Å². The lowest BCUT2D eigenvalue weighted by Gasteiger charge is -2.17. The summed E-state index contributed by atoms with van der Waals surface area (Å²) in [4.78, 5) is 12.0. The first-order valence-corrected chi connectivity index (χ1v) is 6.74. The summed E-state index contributed by atoms with van der Waals surface area (Å²) in [5, 5.41) is 0. The molecule has 0 radical (unpaired) electrons. The van der Waals surface area contributed by atoms with Gasteiger partial charge < -0.3 is 14.2 Å². The molecule has 0 fully saturated rings. The molecule has 2 rings (SSSR count). The van der Waals surface area contributed by atoms with Gasteiger partial charge in [0.2, 0.25) is 0 Å². The molecule has 2 aromatic carbocycles. The fourth-order valence-electron chi connectivity index (χ4n) is 2.04. The zero-order valence-electron chi connectivity index (χ0n) is 12.4. The Morgan fingerprint density at radius 2 is 1.91 bits per heavy atom. The molecule has 116 valence electrons. The fourth-order valence-corrected chi connectivity index (χ4v) is 2.04. The molecule has 0 saturated heterocycles. The van der Waals surface area contributed by atoms with Crippen LogP contribution in [0.25, 0.3) is 0 Å². The van der Waals surface area contributed by atoms with Crippen LogP contribution in [-0.2, 0) is 9.53 Å². The van der Waals surface area contributed by atoms with Gasteiger partial charge in [0.15, 0.2) is 11.6 Å². The molecule has 22 heavy (non-hydrogen) atoms. The van der Waals surface area contributed by atoms with E-state index in [4.69, 9.17) is 14.2 Å². The molecule has 0 spiro atoms. The van der Waals surface area contributed by atoms with E-state index in [0.717, 1.165) is 0 Å². The van der Waals surface area contributed by atoms with Crippen molar-refractivity contribution in [2.75, 3.05) is 20.8 Å². The number of benzene rings is 2. The lowest BCUT2D eigenvalue weighted by Crippen LogP contribution is -2.21. The topological polar surface area (TPSA) is 44.8 Å². The third-order valence-electron chi connectivity index (χ3n) is 3.22. The first kappa shape index (κ1) is 15.8. The summed E-state index contributed by atoms with van der Waals surface area (Å²) in [5.74, 6) is -0.877. The highest BCUT2D eigenvalue weighted by Crippen LogP contribution is 2.24. The minimum absolute atomic E-state index is 0.0270. The predicted octanol–water partition coefficient (Wildman–Crippen LogP) is 3.17. The molecular formula is C17H17FO4. The molecule has 0 heterocycles. The molecular weight excluding hydrogens is 287 g/mol. The second-order valence-corrected chi connectivity index (χ2v) is 4.59. The molecule has 0 aliphatic carbocycles. The maximum atomic E-state index is 13.6. The van der Waals surface area contributed by atoms with Gasteiger partial charge >= 0.3 is 5.97 Å². The Morgan fingerprint density at radius 3 is 2.59 bits per heavy atom. The number of methoxy groups -OCH3 is 2. The number of rotatable bonds is 6. The van der Waals surface area contributed by atoms with Crippen LogP contribution in [0, 0.1) is 5.82 Å². The molecule has 2 aromatic rings. The van der Waals surface area contributed by atoms with E-state index in [0.29, 0.717) is 11.3 Å². The Morgan fingerprint density at radius 1 is 1.14 bits per heavy atom. The average molecular weight is 304 g/mol. The Labute approximate surface area is 128 Å². The summed E-state index contributed by atoms with van der Waals surface area (Å²) in [6.45, 7) is -0.0270. The van der Waals surface area contributed by atoms with Crippen molar-refractivity contribution in [2.24, 2.45) is 0 Å². The number of hydrogen-bond acceptors (Lipinski definition) is 4. The van der Waals surface area contributed by atoms with E-state index in [1.807, 2.05) is 0 Å². The Bertz CT molecular complexity index is 642. The smallest absolute Gasteiger partial charge is 0.316 e. The summed E-state index contributed by atoms with van der Waals surface area (Å²) in [6.07, 6.45) is 0. The van der Waals surface area contributed by atoms with Crippen molar-refractivity contribution >= 4 is 5.97 Å². The lowest BCUT2D eigenvalue weighted by atomic mass is 10.00. The van der Waals surface area contributed by atoms with E-state index in [2.05, 4.69) is 0 Å². The highest BCUT2D eigenvalue weighted by atomic mass is 19.1. The van der Waals surface area contributed by atoms with Crippen LogP contribution < -0.4 is 9.47 Å². The average Bonchev–Trinajstić information content (AvgIpc) is 2.56. The second kappa shape index (κ2) is 7.45. The van der Waals surface area contributed by atoms with E-state index in [1.54, 1.807) is 43.5 Å². The summed E-state index contributed by atoms with van der Waals surface area (Å²) in [6, 6.07) is 13.1. The molecule has 0 aliphatic rings. The molecule has 0 bridgehead atoms. The highest BCUT2D eigenvalue weighted by molar-refractivity contribution is 5.78. The standard InChI is InChI=1S/C17H17FO4/c1-20-13-7-5-6-12(10-13)14(17(19)21-2)11-22-16-9-4-3-8-15(16)18/h3-10,14H,11H2,1-2H3. The number of ether oxygens (including phenoxy) is 3. The highest BCUT2D eigenvalue weighted by Gasteiger charge is 2.23. The maximum Gasteiger partial charge on any atom is 0.316 e. The van der Waals surface area contributed by atoms with Gasteiger partial charge in [-0.05, 0) is 29.8 Å². The van der Waals surface area contributed by atoms with Gasteiger partial charge in [-0.3, -0.25) is 4.79 Å². The van der Waals surface area contributed by atoms with Gasteiger partial charge in [0.25, 0.3) is 0 Å². The van der Waals surface area contributed by atoms with E-state index < -0.39 is 17.7 Å². The summed E-state index contributed by atoms with van der Waals surface area (Å²) < 4.78 is 29.0. The number of carbonyl (C=O) groups excluding carboxylic acids is 1. The second-order valence-electron chi connectivity index (χ2n) is 4.59. The van der Waals surface area contributed by atoms with Crippen LogP contribution in [0.15, 0.2) is 48.5 Å². The molecule has 0 amide bonds. The number of para-hydroxylation sites is 1. The summed E-state index contributed by atoms with van der Waals surface area (Å²) in [5.41, 5.74) is 0.683. The zero-order chi connectivity index (χ0) is 15.9. The molecule has 0 aromatic heterocycles. The molecule has 0 aliphatic heterocycles. The molecule has 1 unspecified atom stereocenters. The molecule has 4 nitrogen and oxygen atoms in total. The Kier molecular flexibility index (Phi) is 5.36. The number of hydrogen-bond donors (Lipinski definition) is 0. The first-order chi connectivity index (χ1) is 10.7. The van der Waals surface area contributed by atoms with Crippen molar-refractivity contribution in [3.63, 3.8) is 0 Å². The number of carbonyl (C=O) groups is 1. The van der Waals surface area contributed by atoms with Gasteiger partial charge in [-0.25, -0.2) is 4.39 Å². The third-order valence-corrected chi connectivity index (χ3v) is 3.22. The van der Waals surface area contributed by atoms with Crippen molar-refractivity contribution in [1.82, 2.24) is 0 Å². The van der Waals surface area contributed by atoms with Crippen molar-refractivity contribution in [3.8, 4) is 11.5 Å². The fraction of sp³-hybridized carbons (Fsp3) is 0.235. The van der Waals surface area contributed by atoms with Crippen molar-refractivity contribution < 1.29 is 23.4 Å². The van der Waals surface area contributed by atoms with Crippen LogP contribution in [-0.4, -0.2) is 26.8 Å². The molecule has 0 saturated carbocycles. The largest absolute Gasteiger partial charge is 0.497 e. The summed E-state index contributed by atoms with van der Waals surface area (Å²) >= 11 is 0. The zero-order valence-corrected chi connectivity index (χ0v) is 12.4. The van der Waals surface area contributed by atoms with Crippen LogP contribution in [0.1, 0.15) is 11.5 Å². The predicted molar refractivity (Wildman–Crippen MR) is 79.6 cm³/mol. The number of halogens is 1. The van der Waals surface area contributed by atoms with Gasteiger partial charge in [-0.2, -0.15) is 0 Å². The monoisotopic (exact) mass is 304 g/mol. The van der Waals surface area contributed by atoms with Crippen LogP contribution in [0.3, 0.4) is 0 Å². The van der Waals surface area contributed by atoms with Crippen molar-refractivity contribution in [3.05, 3.63) is 59.9 Å².